The average Bonchev–Trinajstić information content (AvgIpc) is 2.92. The van der Waals surface area contributed by atoms with E-state index < -0.39 is 4.92 Å². The summed E-state index contributed by atoms with van der Waals surface area (Å²) in [6, 6.07) is 3.48. The average molecular weight is 245 g/mol. The number of rotatable bonds is 2. The highest BCUT2D eigenvalue weighted by Crippen LogP contribution is 2.20. The zero-order chi connectivity index (χ0) is 12.7. The van der Waals surface area contributed by atoms with Gasteiger partial charge in [0.15, 0.2) is 11.3 Å². The lowest BCUT2D eigenvalue weighted by Crippen LogP contribution is -2.02. The monoisotopic (exact) mass is 245 g/mol. The highest BCUT2D eigenvalue weighted by atomic mass is 16.6. The fourth-order valence-corrected chi connectivity index (χ4v) is 1.68. The summed E-state index contributed by atoms with van der Waals surface area (Å²) in [6.45, 7) is 0. The SMILES string of the molecule is Cn1c(-c2nnc3cccnn23)cnc1[N+](=O)[O-]. The molecule has 0 aliphatic carbocycles. The molecule has 3 heterocycles. The van der Waals surface area contributed by atoms with E-state index in [2.05, 4.69) is 20.3 Å². The first-order valence-corrected chi connectivity index (χ1v) is 5.01. The Morgan fingerprint density at radius 1 is 1.39 bits per heavy atom. The van der Waals surface area contributed by atoms with Gasteiger partial charge in [-0.1, -0.05) is 4.98 Å². The predicted octanol–water partition coefficient (Wildman–Crippen LogP) is 0.433. The van der Waals surface area contributed by atoms with E-state index >= 15 is 0 Å². The molecule has 0 amide bonds. The number of hydrogen-bond acceptors (Lipinski definition) is 6. The Hall–Kier alpha value is -2.84. The van der Waals surface area contributed by atoms with E-state index in [0.29, 0.717) is 17.2 Å². The zero-order valence-electron chi connectivity index (χ0n) is 9.26. The molecular weight excluding hydrogens is 238 g/mol. The highest BCUT2D eigenvalue weighted by Gasteiger charge is 2.22. The molecule has 0 saturated heterocycles. The van der Waals surface area contributed by atoms with Gasteiger partial charge in [-0.25, -0.2) is 4.57 Å². The molecule has 0 spiro atoms. The van der Waals surface area contributed by atoms with Gasteiger partial charge in [0, 0.05) is 6.20 Å². The second kappa shape index (κ2) is 3.58. The molecule has 90 valence electrons. The number of fused-ring (bicyclic) bond motifs is 1. The van der Waals surface area contributed by atoms with E-state index in [1.54, 1.807) is 25.4 Å². The van der Waals surface area contributed by atoms with Gasteiger partial charge in [-0.2, -0.15) is 9.61 Å². The Morgan fingerprint density at radius 2 is 2.22 bits per heavy atom. The molecule has 0 aliphatic rings. The fourth-order valence-electron chi connectivity index (χ4n) is 1.68. The topological polar surface area (TPSA) is 104 Å². The summed E-state index contributed by atoms with van der Waals surface area (Å²) >= 11 is 0. The summed E-state index contributed by atoms with van der Waals surface area (Å²) < 4.78 is 2.84. The Kier molecular flexibility index (Phi) is 2.06. The fraction of sp³-hybridized carbons (Fsp3) is 0.111. The molecule has 3 aromatic rings. The number of imidazole rings is 1. The van der Waals surface area contributed by atoms with Gasteiger partial charge in [0.2, 0.25) is 5.82 Å². The number of nitro groups is 1. The standard InChI is InChI=1S/C9H7N7O2/c1-14-6(5-10-9(14)16(17)18)8-13-12-7-3-2-4-11-15(7)8/h2-5H,1H3. The maximum absolute atomic E-state index is 10.7. The van der Waals surface area contributed by atoms with E-state index in [-0.39, 0.29) is 5.95 Å². The Labute approximate surface area is 99.9 Å². The summed E-state index contributed by atoms with van der Waals surface area (Å²) in [4.78, 5) is 13.9. The molecule has 9 heteroatoms. The minimum atomic E-state index is -0.555. The van der Waals surface area contributed by atoms with Crippen molar-refractivity contribution in [2.24, 2.45) is 7.05 Å². The van der Waals surface area contributed by atoms with E-state index in [9.17, 15) is 10.1 Å². The van der Waals surface area contributed by atoms with Gasteiger partial charge in [-0.05, 0) is 17.1 Å². The Balaban J connectivity index is 2.24. The molecule has 0 bridgehead atoms. The molecular formula is C9H7N7O2. The van der Waals surface area contributed by atoms with Crippen molar-refractivity contribution in [1.82, 2.24) is 29.4 Å². The summed E-state index contributed by atoms with van der Waals surface area (Å²) in [5, 5.41) is 22.7. The van der Waals surface area contributed by atoms with Crippen molar-refractivity contribution in [2.75, 3.05) is 0 Å². The van der Waals surface area contributed by atoms with Crippen molar-refractivity contribution in [1.29, 1.82) is 0 Å². The quantitative estimate of drug-likeness (QED) is 0.479. The van der Waals surface area contributed by atoms with Crippen molar-refractivity contribution >= 4 is 11.6 Å². The lowest BCUT2D eigenvalue weighted by atomic mass is 10.4. The second-order valence-electron chi connectivity index (χ2n) is 3.58. The third kappa shape index (κ3) is 1.34. The first-order chi connectivity index (χ1) is 8.68. The molecule has 0 N–H and O–H groups in total. The molecule has 3 aromatic heterocycles. The van der Waals surface area contributed by atoms with Crippen molar-refractivity contribution in [3.63, 3.8) is 0 Å². The molecule has 0 saturated carbocycles. The molecule has 0 fully saturated rings. The maximum atomic E-state index is 10.7. The van der Waals surface area contributed by atoms with E-state index in [4.69, 9.17) is 0 Å². The third-order valence-electron chi connectivity index (χ3n) is 2.53. The predicted molar refractivity (Wildman–Crippen MR) is 59.6 cm³/mol. The molecule has 18 heavy (non-hydrogen) atoms. The van der Waals surface area contributed by atoms with E-state index in [1.807, 2.05) is 0 Å². The number of hydrogen-bond donors (Lipinski definition) is 0. The molecule has 3 rings (SSSR count). The number of aromatic nitrogens is 6. The van der Waals surface area contributed by atoms with Gasteiger partial charge in [-0.15, -0.1) is 10.2 Å². The van der Waals surface area contributed by atoms with Crippen molar-refractivity contribution in [2.45, 2.75) is 0 Å². The first kappa shape index (κ1) is 10.3. The van der Waals surface area contributed by atoms with Gasteiger partial charge < -0.3 is 10.1 Å². The van der Waals surface area contributed by atoms with Crippen LogP contribution in [0.4, 0.5) is 5.95 Å². The van der Waals surface area contributed by atoms with Crippen molar-refractivity contribution in [3.8, 4) is 11.5 Å². The summed E-state index contributed by atoms with van der Waals surface area (Å²) in [7, 11) is 1.55. The first-order valence-electron chi connectivity index (χ1n) is 5.01. The van der Waals surface area contributed by atoms with Crippen LogP contribution in [0, 0.1) is 10.1 Å². The van der Waals surface area contributed by atoms with Crippen LogP contribution in [0.3, 0.4) is 0 Å². The van der Waals surface area contributed by atoms with E-state index in [1.165, 1.54) is 15.3 Å². The molecule has 0 aromatic carbocycles. The highest BCUT2D eigenvalue weighted by molar-refractivity contribution is 5.55. The molecule has 9 nitrogen and oxygen atoms in total. The lowest BCUT2D eigenvalue weighted by Gasteiger charge is -1.97. The largest absolute Gasteiger partial charge is 0.434 e. The lowest BCUT2D eigenvalue weighted by molar-refractivity contribution is -0.396. The van der Waals surface area contributed by atoms with Gasteiger partial charge in [0.05, 0.1) is 7.05 Å². The van der Waals surface area contributed by atoms with Gasteiger partial charge in [0.1, 0.15) is 6.20 Å². The van der Waals surface area contributed by atoms with Crippen LogP contribution >= 0.6 is 0 Å². The van der Waals surface area contributed by atoms with Crippen molar-refractivity contribution in [3.05, 3.63) is 34.6 Å². The van der Waals surface area contributed by atoms with Crippen LogP contribution in [0.1, 0.15) is 0 Å². The van der Waals surface area contributed by atoms with Crippen molar-refractivity contribution < 1.29 is 4.92 Å². The van der Waals surface area contributed by atoms with Crippen LogP contribution in [0.15, 0.2) is 24.5 Å². The molecule has 0 radical (unpaired) electrons. The van der Waals surface area contributed by atoms with Crippen LogP contribution in [0.2, 0.25) is 0 Å². The molecule has 0 atom stereocenters. The minimum absolute atomic E-state index is 0.252. The normalized spacial score (nSPS) is 10.9. The van der Waals surface area contributed by atoms with Gasteiger partial charge in [-0.3, -0.25) is 0 Å². The van der Waals surface area contributed by atoms with Crippen LogP contribution in [0.5, 0.6) is 0 Å². The summed E-state index contributed by atoms with van der Waals surface area (Å²) in [5.74, 6) is 0.159. The smallest absolute Gasteiger partial charge is 0.390 e. The maximum Gasteiger partial charge on any atom is 0.434 e. The Bertz CT molecular complexity index is 744. The molecule has 0 unspecified atom stereocenters. The van der Waals surface area contributed by atoms with Crippen LogP contribution in [0.25, 0.3) is 17.2 Å². The Morgan fingerprint density at radius 3 is 2.94 bits per heavy atom. The van der Waals surface area contributed by atoms with Crippen LogP contribution in [-0.2, 0) is 7.05 Å². The summed E-state index contributed by atoms with van der Waals surface area (Å²) in [5.41, 5.74) is 1.05. The second-order valence-corrected chi connectivity index (χ2v) is 3.58. The van der Waals surface area contributed by atoms with Crippen LogP contribution < -0.4 is 0 Å². The minimum Gasteiger partial charge on any atom is -0.390 e. The third-order valence-corrected chi connectivity index (χ3v) is 2.53. The zero-order valence-corrected chi connectivity index (χ0v) is 9.26. The van der Waals surface area contributed by atoms with Gasteiger partial charge in [0.25, 0.3) is 0 Å². The van der Waals surface area contributed by atoms with Gasteiger partial charge >= 0.3 is 5.95 Å². The van der Waals surface area contributed by atoms with Crippen LogP contribution in [-0.4, -0.2) is 34.3 Å². The molecule has 0 aliphatic heterocycles. The summed E-state index contributed by atoms with van der Waals surface area (Å²) in [6.07, 6.45) is 2.97. The number of nitrogens with zero attached hydrogens (tertiary/aromatic N) is 7. The van der Waals surface area contributed by atoms with E-state index in [0.717, 1.165) is 0 Å².